The standard InChI is InChI=1S/C10H20O3/c1-5-12-8-6-7-9(11)13-10(2,3)4/h5-8H2,1-4H3. The van der Waals surface area contributed by atoms with Crippen molar-refractivity contribution in [2.75, 3.05) is 13.2 Å². The van der Waals surface area contributed by atoms with E-state index in [-0.39, 0.29) is 11.6 Å². The Bertz CT molecular complexity index is 147. The first-order valence-electron chi connectivity index (χ1n) is 4.75. The molecule has 0 saturated carbocycles. The molecule has 0 amide bonds. The Kier molecular flexibility index (Phi) is 5.71. The second kappa shape index (κ2) is 5.97. The summed E-state index contributed by atoms with van der Waals surface area (Å²) >= 11 is 0. The average molecular weight is 188 g/mol. The van der Waals surface area contributed by atoms with Crippen LogP contribution in [0, 0.1) is 0 Å². The van der Waals surface area contributed by atoms with Gasteiger partial charge in [-0.2, -0.15) is 0 Å². The first kappa shape index (κ1) is 12.4. The summed E-state index contributed by atoms with van der Waals surface area (Å²) in [5.41, 5.74) is -0.372. The topological polar surface area (TPSA) is 35.5 Å². The fourth-order valence-corrected chi connectivity index (χ4v) is 0.855. The number of hydrogen-bond acceptors (Lipinski definition) is 3. The molecule has 0 heterocycles. The lowest BCUT2D eigenvalue weighted by Gasteiger charge is -2.19. The monoisotopic (exact) mass is 188 g/mol. The van der Waals surface area contributed by atoms with Gasteiger partial charge < -0.3 is 9.47 Å². The van der Waals surface area contributed by atoms with Crippen molar-refractivity contribution in [3.05, 3.63) is 0 Å². The Morgan fingerprint density at radius 1 is 1.31 bits per heavy atom. The molecular weight excluding hydrogens is 168 g/mol. The lowest BCUT2D eigenvalue weighted by Crippen LogP contribution is -2.23. The predicted molar refractivity (Wildman–Crippen MR) is 51.6 cm³/mol. The van der Waals surface area contributed by atoms with E-state index in [1.54, 1.807) is 0 Å². The van der Waals surface area contributed by atoms with Crippen LogP contribution in [-0.2, 0) is 14.3 Å². The molecule has 0 fully saturated rings. The summed E-state index contributed by atoms with van der Waals surface area (Å²) in [5, 5.41) is 0. The highest BCUT2D eigenvalue weighted by molar-refractivity contribution is 5.69. The summed E-state index contributed by atoms with van der Waals surface area (Å²) in [6.45, 7) is 8.88. The minimum atomic E-state index is -0.372. The highest BCUT2D eigenvalue weighted by Crippen LogP contribution is 2.08. The van der Waals surface area contributed by atoms with Crippen LogP contribution in [0.15, 0.2) is 0 Å². The van der Waals surface area contributed by atoms with Crippen LogP contribution in [0.3, 0.4) is 0 Å². The second-order valence-electron chi connectivity index (χ2n) is 3.89. The molecule has 0 saturated heterocycles. The zero-order chi connectivity index (χ0) is 10.3. The van der Waals surface area contributed by atoms with Gasteiger partial charge in [-0.05, 0) is 34.1 Å². The zero-order valence-electron chi connectivity index (χ0n) is 9.05. The van der Waals surface area contributed by atoms with E-state index in [1.165, 1.54) is 0 Å². The molecule has 3 nitrogen and oxygen atoms in total. The summed E-state index contributed by atoms with van der Waals surface area (Å²) in [6.07, 6.45) is 1.18. The SMILES string of the molecule is CCOCCCC(=O)OC(C)(C)C. The zero-order valence-corrected chi connectivity index (χ0v) is 9.05. The average Bonchev–Trinajstić information content (AvgIpc) is 1.94. The smallest absolute Gasteiger partial charge is 0.306 e. The third kappa shape index (κ3) is 9.34. The fourth-order valence-electron chi connectivity index (χ4n) is 0.855. The molecule has 0 aromatic carbocycles. The molecule has 0 aromatic heterocycles. The van der Waals surface area contributed by atoms with Crippen molar-refractivity contribution in [1.82, 2.24) is 0 Å². The van der Waals surface area contributed by atoms with Gasteiger partial charge in [-0.15, -0.1) is 0 Å². The first-order chi connectivity index (χ1) is 5.95. The van der Waals surface area contributed by atoms with Crippen molar-refractivity contribution in [2.45, 2.75) is 46.1 Å². The van der Waals surface area contributed by atoms with Gasteiger partial charge in [-0.25, -0.2) is 0 Å². The van der Waals surface area contributed by atoms with Gasteiger partial charge in [0, 0.05) is 19.6 Å². The van der Waals surface area contributed by atoms with Gasteiger partial charge in [0.2, 0.25) is 0 Å². The quantitative estimate of drug-likeness (QED) is 0.490. The normalized spacial score (nSPS) is 11.4. The van der Waals surface area contributed by atoms with Crippen LogP contribution < -0.4 is 0 Å². The highest BCUT2D eigenvalue weighted by Gasteiger charge is 2.15. The number of hydrogen-bond donors (Lipinski definition) is 0. The first-order valence-corrected chi connectivity index (χ1v) is 4.75. The van der Waals surface area contributed by atoms with Gasteiger partial charge >= 0.3 is 5.97 Å². The number of carbonyl (C=O) groups is 1. The molecule has 0 radical (unpaired) electrons. The van der Waals surface area contributed by atoms with Gasteiger partial charge in [0.25, 0.3) is 0 Å². The molecular formula is C10H20O3. The van der Waals surface area contributed by atoms with E-state index in [9.17, 15) is 4.79 Å². The van der Waals surface area contributed by atoms with Crippen molar-refractivity contribution in [1.29, 1.82) is 0 Å². The van der Waals surface area contributed by atoms with Crippen molar-refractivity contribution in [3.8, 4) is 0 Å². The number of ether oxygens (including phenoxy) is 2. The van der Waals surface area contributed by atoms with Crippen LogP contribution in [0.2, 0.25) is 0 Å². The lowest BCUT2D eigenvalue weighted by molar-refractivity contribution is -0.155. The third-order valence-corrected chi connectivity index (χ3v) is 1.29. The predicted octanol–water partition coefficient (Wildman–Crippen LogP) is 2.14. The third-order valence-electron chi connectivity index (χ3n) is 1.29. The summed E-state index contributed by atoms with van der Waals surface area (Å²) in [4.78, 5) is 11.1. The van der Waals surface area contributed by atoms with E-state index in [1.807, 2.05) is 27.7 Å². The maximum Gasteiger partial charge on any atom is 0.306 e. The van der Waals surface area contributed by atoms with Crippen LogP contribution in [0.25, 0.3) is 0 Å². The summed E-state index contributed by atoms with van der Waals surface area (Å²) in [5.74, 6) is -0.146. The van der Waals surface area contributed by atoms with Gasteiger partial charge in [0.1, 0.15) is 5.60 Å². The molecule has 0 spiro atoms. The largest absolute Gasteiger partial charge is 0.460 e. The second-order valence-corrected chi connectivity index (χ2v) is 3.89. The molecule has 0 aliphatic rings. The highest BCUT2D eigenvalue weighted by atomic mass is 16.6. The van der Waals surface area contributed by atoms with Crippen LogP contribution in [0.1, 0.15) is 40.5 Å². The van der Waals surface area contributed by atoms with E-state index in [0.29, 0.717) is 19.6 Å². The molecule has 13 heavy (non-hydrogen) atoms. The number of esters is 1. The van der Waals surface area contributed by atoms with Crippen molar-refractivity contribution >= 4 is 5.97 Å². The maximum atomic E-state index is 11.1. The van der Waals surface area contributed by atoms with E-state index in [2.05, 4.69) is 0 Å². The Hall–Kier alpha value is -0.570. The van der Waals surface area contributed by atoms with Crippen molar-refractivity contribution in [2.24, 2.45) is 0 Å². The molecule has 0 bridgehead atoms. The molecule has 3 heteroatoms. The molecule has 0 rings (SSSR count). The molecule has 0 N–H and O–H groups in total. The van der Waals surface area contributed by atoms with Crippen LogP contribution in [0.4, 0.5) is 0 Å². The van der Waals surface area contributed by atoms with Gasteiger partial charge in [0.05, 0.1) is 0 Å². The summed E-state index contributed by atoms with van der Waals surface area (Å²) in [6, 6.07) is 0. The molecule has 78 valence electrons. The van der Waals surface area contributed by atoms with Crippen LogP contribution in [-0.4, -0.2) is 24.8 Å². The number of carbonyl (C=O) groups excluding carboxylic acids is 1. The number of rotatable bonds is 5. The van der Waals surface area contributed by atoms with Gasteiger partial charge in [-0.1, -0.05) is 0 Å². The van der Waals surface area contributed by atoms with Gasteiger partial charge in [0.15, 0.2) is 0 Å². The molecule has 0 aliphatic heterocycles. The minimum Gasteiger partial charge on any atom is -0.460 e. The molecule has 0 unspecified atom stereocenters. The van der Waals surface area contributed by atoms with Crippen molar-refractivity contribution < 1.29 is 14.3 Å². The fraction of sp³-hybridized carbons (Fsp3) is 0.900. The van der Waals surface area contributed by atoms with E-state index in [0.717, 1.165) is 6.42 Å². The van der Waals surface area contributed by atoms with Crippen LogP contribution in [0.5, 0.6) is 0 Å². The Morgan fingerprint density at radius 3 is 2.38 bits per heavy atom. The minimum absolute atomic E-state index is 0.146. The summed E-state index contributed by atoms with van der Waals surface area (Å²) in [7, 11) is 0. The summed E-state index contributed by atoms with van der Waals surface area (Å²) < 4.78 is 10.2. The van der Waals surface area contributed by atoms with E-state index < -0.39 is 0 Å². The Morgan fingerprint density at radius 2 is 1.92 bits per heavy atom. The van der Waals surface area contributed by atoms with E-state index in [4.69, 9.17) is 9.47 Å². The Balaban J connectivity index is 3.41. The Labute approximate surface area is 80.4 Å². The van der Waals surface area contributed by atoms with Crippen LogP contribution >= 0.6 is 0 Å². The van der Waals surface area contributed by atoms with E-state index >= 15 is 0 Å². The van der Waals surface area contributed by atoms with Crippen molar-refractivity contribution in [3.63, 3.8) is 0 Å². The molecule has 0 atom stereocenters. The molecule has 0 aliphatic carbocycles. The van der Waals surface area contributed by atoms with Gasteiger partial charge in [-0.3, -0.25) is 4.79 Å². The lowest BCUT2D eigenvalue weighted by atomic mass is 10.2. The molecule has 0 aromatic rings. The maximum absolute atomic E-state index is 11.1.